The first-order valence-corrected chi connectivity index (χ1v) is 7.04. The summed E-state index contributed by atoms with van der Waals surface area (Å²) < 4.78 is 1.64. The van der Waals surface area contributed by atoms with E-state index in [0.717, 1.165) is 19.5 Å². The smallest absolute Gasteiger partial charge is 0.334 e. The summed E-state index contributed by atoms with van der Waals surface area (Å²) in [5.41, 5.74) is 6.64. The summed E-state index contributed by atoms with van der Waals surface area (Å²) in [5, 5.41) is 15.8. The third kappa shape index (κ3) is 2.49. The Balaban J connectivity index is 2.39. The van der Waals surface area contributed by atoms with Crippen molar-refractivity contribution in [3.8, 4) is 0 Å². The van der Waals surface area contributed by atoms with Crippen LogP contribution in [-0.2, 0) is 7.05 Å². The standard InChI is InChI=1S/C13H23N5O2/c1-8(2)11-12(18(19)20)13(16(4)15-11)17-6-5-10(7-17)9(3)14/h8-10H,5-7,14H2,1-4H3. The predicted octanol–water partition coefficient (Wildman–Crippen LogP) is 1.63. The van der Waals surface area contributed by atoms with Gasteiger partial charge in [0.1, 0.15) is 5.69 Å². The Morgan fingerprint density at radius 1 is 1.45 bits per heavy atom. The summed E-state index contributed by atoms with van der Waals surface area (Å²) in [5.74, 6) is 1.02. The van der Waals surface area contributed by atoms with E-state index in [1.807, 2.05) is 25.7 Å². The molecule has 2 heterocycles. The van der Waals surface area contributed by atoms with Crippen molar-refractivity contribution in [1.82, 2.24) is 9.78 Å². The van der Waals surface area contributed by atoms with Gasteiger partial charge >= 0.3 is 5.69 Å². The lowest BCUT2D eigenvalue weighted by Gasteiger charge is -2.19. The molecule has 1 fully saturated rings. The Morgan fingerprint density at radius 2 is 2.10 bits per heavy atom. The Morgan fingerprint density at radius 3 is 2.55 bits per heavy atom. The molecule has 1 aliphatic rings. The number of aromatic nitrogens is 2. The van der Waals surface area contributed by atoms with Crippen LogP contribution in [0, 0.1) is 16.0 Å². The molecule has 0 aromatic carbocycles. The van der Waals surface area contributed by atoms with Crippen LogP contribution in [0.3, 0.4) is 0 Å². The van der Waals surface area contributed by atoms with Crippen LogP contribution in [0.2, 0.25) is 0 Å². The molecule has 2 unspecified atom stereocenters. The first kappa shape index (κ1) is 14.8. The van der Waals surface area contributed by atoms with Gasteiger partial charge in [0.25, 0.3) is 0 Å². The topological polar surface area (TPSA) is 90.2 Å². The summed E-state index contributed by atoms with van der Waals surface area (Å²) in [6, 6.07) is 0.108. The monoisotopic (exact) mass is 281 g/mol. The van der Waals surface area contributed by atoms with Gasteiger partial charge in [0, 0.05) is 32.1 Å². The minimum atomic E-state index is -0.309. The summed E-state index contributed by atoms with van der Waals surface area (Å²) in [6.07, 6.45) is 0.969. The molecule has 0 bridgehead atoms. The SMILES string of the molecule is CC(C)c1nn(C)c(N2CCC(C(C)N)C2)c1[N+](=O)[O-]. The van der Waals surface area contributed by atoms with Crippen LogP contribution < -0.4 is 10.6 Å². The molecule has 2 atom stereocenters. The highest BCUT2D eigenvalue weighted by Gasteiger charge is 2.35. The molecule has 0 radical (unpaired) electrons. The lowest BCUT2D eigenvalue weighted by molar-refractivity contribution is -0.385. The molecule has 1 saturated heterocycles. The van der Waals surface area contributed by atoms with Gasteiger partial charge in [0.15, 0.2) is 0 Å². The van der Waals surface area contributed by atoms with Crippen LogP contribution >= 0.6 is 0 Å². The van der Waals surface area contributed by atoms with Crippen molar-refractivity contribution < 1.29 is 4.92 Å². The molecule has 7 nitrogen and oxygen atoms in total. The number of aryl methyl sites for hydroxylation is 1. The Bertz CT molecular complexity index is 509. The molecule has 2 N–H and O–H groups in total. The van der Waals surface area contributed by atoms with Gasteiger partial charge in [-0.1, -0.05) is 13.8 Å². The summed E-state index contributed by atoms with van der Waals surface area (Å²) in [7, 11) is 1.77. The van der Waals surface area contributed by atoms with Gasteiger partial charge in [0.2, 0.25) is 5.82 Å². The molecule has 112 valence electrons. The van der Waals surface area contributed by atoms with E-state index >= 15 is 0 Å². The van der Waals surface area contributed by atoms with E-state index < -0.39 is 0 Å². The van der Waals surface area contributed by atoms with Crippen molar-refractivity contribution >= 4 is 11.5 Å². The van der Waals surface area contributed by atoms with Gasteiger partial charge in [0.05, 0.1) is 4.92 Å². The molecule has 0 spiro atoms. The molecular weight excluding hydrogens is 258 g/mol. The second kappa shape index (κ2) is 5.40. The van der Waals surface area contributed by atoms with E-state index in [4.69, 9.17) is 5.73 Å². The highest BCUT2D eigenvalue weighted by molar-refractivity contribution is 5.62. The van der Waals surface area contributed by atoms with Crippen LogP contribution in [0.5, 0.6) is 0 Å². The molecule has 7 heteroatoms. The zero-order valence-corrected chi connectivity index (χ0v) is 12.5. The van der Waals surface area contributed by atoms with Gasteiger partial charge < -0.3 is 10.6 Å². The number of nitro groups is 1. The third-order valence-electron chi connectivity index (χ3n) is 4.02. The number of rotatable bonds is 4. The molecule has 1 aromatic rings. The number of nitrogens with zero attached hydrogens (tertiary/aromatic N) is 4. The highest BCUT2D eigenvalue weighted by atomic mass is 16.6. The van der Waals surface area contributed by atoms with Crippen LogP contribution in [0.4, 0.5) is 11.5 Å². The fourth-order valence-electron chi connectivity index (χ4n) is 2.85. The first-order chi connectivity index (χ1) is 9.32. The number of hydrogen-bond donors (Lipinski definition) is 1. The van der Waals surface area contributed by atoms with Crippen molar-refractivity contribution in [2.45, 2.75) is 39.2 Å². The fraction of sp³-hybridized carbons (Fsp3) is 0.769. The fourth-order valence-corrected chi connectivity index (χ4v) is 2.85. The van der Waals surface area contributed by atoms with E-state index in [1.165, 1.54) is 0 Å². The van der Waals surface area contributed by atoms with Crippen molar-refractivity contribution in [1.29, 1.82) is 0 Å². The summed E-state index contributed by atoms with van der Waals surface area (Å²) in [6.45, 7) is 7.40. The van der Waals surface area contributed by atoms with Crippen molar-refractivity contribution in [3.63, 3.8) is 0 Å². The maximum absolute atomic E-state index is 11.4. The lowest BCUT2D eigenvalue weighted by atomic mass is 10.0. The quantitative estimate of drug-likeness (QED) is 0.669. The van der Waals surface area contributed by atoms with Crippen molar-refractivity contribution in [3.05, 3.63) is 15.8 Å². The molecule has 2 rings (SSSR count). The molecule has 20 heavy (non-hydrogen) atoms. The van der Waals surface area contributed by atoms with Gasteiger partial charge in [-0.15, -0.1) is 0 Å². The Hall–Kier alpha value is -1.63. The summed E-state index contributed by atoms with van der Waals surface area (Å²) >= 11 is 0. The zero-order chi connectivity index (χ0) is 15.0. The normalized spacial score (nSPS) is 20.7. The maximum Gasteiger partial charge on any atom is 0.334 e. The van der Waals surface area contributed by atoms with E-state index in [1.54, 1.807) is 11.7 Å². The number of anilines is 1. The van der Waals surface area contributed by atoms with Gasteiger partial charge in [-0.05, 0) is 19.3 Å². The van der Waals surface area contributed by atoms with Crippen LogP contribution in [0.25, 0.3) is 0 Å². The van der Waals surface area contributed by atoms with Crippen molar-refractivity contribution in [2.24, 2.45) is 18.7 Å². The van der Waals surface area contributed by atoms with E-state index in [0.29, 0.717) is 17.4 Å². The van der Waals surface area contributed by atoms with E-state index in [2.05, 4.69) is 5.10 Å². The lowest BCUT2D eigenvalue weighted by Crippen LogP contribution is -2.30. The number of nitrogens with two attached hydrogens (primary N) is 1. The minimum absolute atomic E-state index is 0.0298. The largest absolute Gasteiger partial charge is 0.351 e. The molecular formula is C13H23N5O2. The molecule has 1 aromatic heterocycles. The van der Waals surface area contributed by atoms with Crippen molar-refractivity contribution in [2.75, 3.05) is 18.0 Å². The average Bonchev–Trinajstić information content (AvgIpc) is 2.92. The van der Waals surface area contributed by atoms with Gasteiger partial charge in [-0.2, -0.15) is 5.10 Å². The van der Waals surface area contributed by atoms with Crippen LogP contribution in [-0.4, -0.2) is 33.8 Å². The average molecular weight is 281 g/mol. The molecule has 0 saturated carbocycles. The predicted molar refractivity (Wildman–Crippen MR) is 77.9 cm³/mol. The van der Waals surface area contributed by atoms with Gasteiger partial charge in [-0.3, -0.25) is 10.1 Å². The zero-order valence-electron chi connectivity index (χ0n) is 12.5. The second-order valence-corrected chi connectivity index (χ2v) is 5.95. The van der Waals surface area contributed by atoms with E-state index in [-0.39, 0.29) is 22.6 Å². The number of hydrogen-bond acceptors (Lipinski definition) is 5. The highest BCUT2D eigenvalue weighted by Crippen LogP contribution is 2.37. The molecule has 1 aliphatic heterocycles. The summed E-state index contributed by atoms with van der Waals surface area (Å²) in [4.78, 5) is 13.2. The third-order valence-corrected chi connectivity index (χ3v) is 4.02. The Kier molecular flexibility index (Phi) is 3.99. The van der Waals surface area contributed by atoms with Gasteiger partial charge in [-0.25, -0.2) is 4.68 Å². The van der Waals surface area contributed by atoms with Crippen LogP contribution in [0.1, 0.15) is 38.8 Å². The molecule has 0 aliphatic carbocycles. The second-order valence-electron chi connectivity index (χ2n) is 5.95. The minimum Gasteiger partial charge on any atom is -0.351 e. The van der Waals surface area contributed by atoms with E-state index in [9.17, 15) is 10.1 Å². The first-order valence-electron chi connectivity index (χ1n) is 7.04. The maximum atomic E-state index is 11.4. The molecule has 0 amide bonds. The Labute approximate surface area is 118 Å². The van der Waals surface area contributed by atoms with Crippen LogP contribution in [0.15, 0.2) is 0 Å².